The Morgan fingerprint density at radius 3 is 2.54 bits per heavy atom. The fourth-order valence-corrected chi connectivity index (χ4v) is 0.861. The normalized spacial score (nSPS) is 11.7. The minimum Gasteiger partial charge on any atom is -0.445 e. The van der Waals surface area contributed by atoms with E-state index in [1.807, 2.05) is 26.8 Å². The van der Waals surface area contributed by atoms with Crippen LogP contribution in [0.4, 0.5) is 4.79 Å². The first kappa shape index (κ1) is 12.5. The number of allylic oxidation sites excluding steroid dienone is 1. The van der Waals surface area contributed by atoms with Crippen molar-refractivity contribution in [2.24, 2.45) is 0 Å². The third-order valence-corrected chi connectivity index (χ3v) is 1.42. The highest BCUT2D eigenvalue weighted by atomic mass is 79.9. The summed E-state index contributed by atoms with van der Waals surface area (Å²) >= 11 is 3.22. The number of halogens is 1. The maximum Gasteiger partial charge on any atom is 0.407 e. The van der Waals surface area contributed by atoms with Crippen LogP contribution in [0.5, 0.6) is 0 Å². The first-order chi connectivity index (χ1) is 5.95. The number of alkyl carbamates (subject to hydrolysis) is 1. The van der Waals surface area contributed by atoms with Crippen molar-refractivity contribution in [3.05, 3.63) is 12.2 Å². The third kappa shape index (κ3) is 9.40. The summed E-state index contributed by atoms with van der Waals surface area (Å²) in [5, 5.41) is 3.46. The van der Waals surface area contributed by atoms with E-state index in [4.69, 9.17) is 4.74 Å². The molecular weight excluding hydrogens is 234 g/mol. The number of alkyl halides is 1. The molecule has 0 aromatic rings. The molecule has 0 aromatic carbocycles. The molecule has 0 spiro atoms. The van der Waals surface area contributed by atoms with Crippen molar-refractivity contribution >= 4 is 22.0 Å². The van der Waals surface area contributed by atoms with Gasteiger partial charge in [-0.3, -0.25) is 0 Å². The summed E-state index contributed by atoms with van der Waals surface area (Å²) in [4.78, 5) is 11.0. The van der Waals surface area contributed by atoms with Gasteiger partial charge in [-0.25, -0.2) is 4.79 Å². The Bertz CT molecular complexity index is 185. The van der Waals surface area contributed by atoms with E-state index in [1.165, 1.54) is 0 Å². The molecule has 0 aliphatic carbocycles. The van der Waals surface area contributed by atoms with Crippen molar-refractivity contribution < 1.29 is 9.53 Å². The van der Waals surface area contributed by atoms with Gasteiger partial charge in [0, 0.05) is 10.9 Å². The number of amides is 1. The SMILES string of the molecule is CC(C)(C)NC(=O)OCC=CCBr. The molecule has 1 N–H and O–H groups in total. The maximum atomic E-state index is 11.0. The molecule has 0 unspecified atom stereocenters. The number of nitrogens with one attached hydrogen (secondary N) is 1. The Morgan fingerprint density at radius 1 is 1.46 bits per heavy atom. The van der Waals surface area contributed by atoms with Gasteiger partial charge in [-0.2, -0.15) is 0 Å². The van der Waals surface area contributed by atoms with E-state index in [0.29, 0.717) is 6.61 Å². The molecule has 0 rings (SSSR count). The van der Waals surface area contributed by atoms with Crippen LogP contribution >= 0.6 is 15.9 Å². The number of hydrogen-bond donors (Lipinski definition) is 1. The fourth-order valence-electron chi connectivity index (χ4n) is 0.597. The average Bonchev–Trinajstić information content (AvgIpc) is 1.94. The van der Waals surface area contributed by atoms with Crippen LogP contribution in [0.1, 0.15) is 20.8 Å². The molecule has 0 bridgehead atoms. The summed E-state index contributed by atoms with van der Waals surface area (Å²) < 4.78 is 4.86. The molecule has 0 heterocycles. The molecule has 0 aliphatic rings. The molecule has 3 nitrogen and oxygen atoms in total. The van der Waals surface area contributed by atoms with Crippen LogP contribution in [-0.4, -0.2) is 23.6 Å². The summed E-state index contributed by atoms with van der Waals surface area (Å²) in [5.41, 5.74) is -0.240. The number of rotatable bonds is 3. The first-order valence-electron chi connectivity index (χ1n) is 4.11. The van der Waals surface area contributed by atoms with Gasteiger partial charge in [0.15, 0.2) is 0 Å². The summed E-state index contributed by atoms with van der Waals surface area (Å²) in [5.74, 6) is 0. The lowest BCUT2D eigenvalue weighted by Gasteiger charge is -2.19. The Kier molecular flexibility index (Phi) is 5.79. The van der Waals surface area contributed by atoms with E-state index < -0.39 is 0 Å². The van der Waals surface area contributed by atoms with Crippen molar-refractivity contribution in [1.29, 1.82) is 0 Å². The van der Waals surface area contributed by atoms with Gasteiger partial charge in [0.2, 0.25) is 0 Å². The molecule has 0 aromatic heterocycles. The van der Waals surface area contributed by atoms with E-state index in [9.17, 15) is 4.79 Å². The predicted molar refractivity (Wildman–Crippen MR) is 57.2 cm³/mol. The van der Waals surface area contributed by atoms with Crippen molar-refractivity contribution in [1.82, 2.24) is 5.32 Å². The van der Waals surface area contributed by atoms with Crippen LogP contribution < -0.4 is 5.32 Å². The summed E-state index contributed by atoms with van der Waals surface area (Å²) in [6.07, 6.45) is 3.29. The first-order valence-corrected chi connectivity index (χ1v) is 5.24. The van der Waals surface area contributed by atoms with Gasteiger partial charge >= 0.3 is 6.09 Å². The summed E-state index contributed by atoms with van der Waals surface area (Å²) in [6.45, 7) is 6.03. The van der Waals surface area contributed by atoms with E-state index in [-0.39, 0.29) is 11.6 Å². The van der Waals surface area contributed by atoms with Crippen molar-refractivity contribution in [2.75, 3.05) is 11.9 Å². The molecule has 0 atom stereocenters. The van der Waals surface area contributed by atoms with Gasteiger partial charge in [0.05, 0.1) is 0 Å². The van der Waals surface area contributed by atoms with Gasteiger partial charge in [0.1, 0.15) is 6.61 Å². The molecular formula is C9H16BrNO2. The van der Waals surface area contributed by atoms with Gasteiger partial charge in [-0.1, -0.05) is 28.1 Å². The molecule has 1 amide bonds. The molecule has 0 radical (unpaired) electrons. The Balaban J connectivity index is 3.58. The quantitative estimate of drug-likeness (QED) is 0.617. The summed E-state index contributed by atoms with van der Waals surface area (Å²) in [6, 6.07) is 0. The van der Waals surface area contributed by atoms with Gasteiger partial charge in [-0.15, -0.1) is 0 Å². The minimum absolute atomic E-state index is 0.240. The summed E-state index contributed by atoms with van der Waals surface area (Å²) in [7, 11) is 0. The Labute approximate surface area is 87.7 Å². The topological polar surface area (TPSA) is 38.3 Å². The molecule has 0 saturated carbocycles. The van der Waals surface area contributed by atoms with E-state index in [2.05, 4.69) is 21.2 Å². The van der Waals surface area contributed by atoms with Crippen LogP contribution in [0.3, 0.4) is 0 Å². The standard InChI is InChI=1S/C9H16BrNO2/c1-9(2,3)11-8(12)13-7-5-4-6-10/h4-5H,6-7H2,1-3H3,(H,11,12). The fraction of sp³-hybridized carbons (Fsp3) is 0.667. The second-order valence-electron chi connectivity index (χ2n) is 3.60. The van der Waals surface area contributed by atoms with E-state index in [0.717, 1.165) is 5.33 Å². The number of carbonyl (C=O) groups is 1. The lowest BCUT2D eigenvalue weighted by molar-refractivity contribution is 0.149. The highest BCUT2D eigenvalue weighted by Crippen LogP contribution is 1.98. The molecule has 0 fully saturated rings. The zero-order chi connectivity index (χ0) is 10.3. The highest BCUT2D eigenvalue weighted by molar-refractivity contribution is 9.09. The van der Waals surface area contributed by atoms with Crippen molar-refractivity contribution in [2.45, 2.75) is 26.3 Å². The van der Waals surface area contributed by atoms with Crippen LogP contribution in [0.15, 0.2) is 12.2 Å². The highest BCUT2D eigenvalue weighted by Gasteiger charge is 2.13. The molecule has 0 saturated heterocycles. The van der Waals surface area contributed by atoms with Crippen LogP contribution in [0.2, 0.25) is 0 Å². The van der Waals surface area contributed by atoms with Crippen LogP contribution in [0, 0.1) is 0 Å². The number of carbonyl (C=O) groups excluding carboxylic acids is 1. The smallest absolute Gasteiger partial charge is 0.407 e. The Morgan fingerprint density at radius 2 is 2.08 bits per heavy atom. The van der Waals surface area contributed by atoms with Gasteiger partial charge < -0.3 is 10.1 Å². The van der Waals surface area contributed by atoms with E-state index >= 15 is 0 Å². The number of ether oxygens (including phenoxy) is 1. The molecule has 0 aliphatic heterocycles. The average molecular weight is 250 g/mol. The Hall–Kier alpha value is -0.510. The van der Waals surface area contributed by atoms with Crippen LogP contribution in [-0.2, 0) is 4.74 Å². The van der Waals surface area contributed by atoms with Gasteiger partial charge in [0.25, 0.3) is 0 Å². The van der Waals surface area contributed by atoms with Gasteiger partial charge in [-0.05, 0) is 20.8 Å². The zero-order valence-electron chi connectivity index (χ0n) is 8.26. The monoisotopic (exact) mass is 249 g/mol. The molecule has 13 heavy (non-hydrogen) atoms. The molecule has 4 heteroatoms. The molecule has 76 valence electrons. The lowest BCUT2D eigenvalue weighted by atomic mass is 10.1. The largest absolute Gasteiger partial charge is 0.445 e. The number of hydrogen-bond acceptors (Lipinski definition) is 2. The van der Waals surface area contributed by atoms with Crippen molar-refractivity contribution in [3.63, 3.8) is 0 Å². The zero-order valence-corrected chi connectivity index (χ0v) is 9.85. The van der Waals surface area contributed by atoms with Crippen LogP contribution in [0.25, 0.3) is 0 Å². The lowest BCUT2D eigenvalue weighted by Crippen LogP contribution is -2.40. The van der Waals surface area contributed by atoms with E-state index in [1.54, 1.807) is 6.08 Å². The second kappa shape index (κ2) is 6.02. The van der Waals surface area contributed by atoms with Crippen molar-refractivity contribution in [3.8, 4) is 0 Å². The maximum absolute atomic E-state index is 11.0. The predicted octanol–water partition coefficient (Wildman–Crippen LogP) is 2.46. The minimum atomic E-state index is -0.383. The second-order valence-corrected chi connectivity index (χ2v) is 4.25. The third-order valence-electron chi connectivity index (χ3n) is 1.04.